The van der Waals surface area contributed by atoms with E-state index in [4.69, 9.17) is 11.6 Å². The van der Waals surface area contributed by atoms with Gasteiger partial charge in [-0.2, -0.15) is 0 Å². The summed E-state index contributed by atoms with van der Waals surface area (Å²) in [5, 5.41) is 3.65. The van der Waals surface area contributed by atoms with Crippen molar-refractivity contribution in [2.75, 3.05) is 11.4 Å². The molecule has 1 aromatic carbocycles. The monoisotopic (exact) mass is 322 g/mol. The summed E-state index contributed by atoms with van der Waals surface area (Å²) in [5.41, 5.74) is 0.727. The lowest BCUT2D eigenvalue weighted by Crippen LogP contribution is -2.39. The van der Waals surface area contributed by atoms with Crippen molar-refractivity contribution in [2.24, 2.45) is 0 Å². The number of carbonyl (C=O) groups is 2. The van der Waals surface area contributed by atoms with E-state index in [1.165, 1.54) is 26.2 Å². The first-order valence-corrected chi connectivity index (χ1v) is 8.27. The van der Waals surface area contributed by atoms with Crippen molar-refractivity contribution in [1.29, 1.82) is 0 Å². The largest absolute Gasteiger partial charge is 0.353 e. The number of amides is 2. The Morgan fingerprint density at radius 3 is 2.64 bits per heavy atom. The van der Waals surface area contributed by atoms with Gasteiger partial charge in [-0.3, -0.25) is 9.59 Å². The Balaban J connectivity index is 1.88. The van der Waals surface area contributed by atoms with Crippen molar-refractivity contribution >= 4 is 29.1 Å². The van der Waals surface area contributed by atoms with Crippen LogP contribution in [0.25, 0.3) is 0 Å². The highest BCUT2D eigenvalue weighted by molar-refractivity contribution is 6.30. The van der Waals surface area contributed by atoms with Gasteiger partial charge in [-0.1, -0.05) is 36.9 Å². The van der Waals surface area contributed by atoms with Gasteiger partial charge in [0.05, 0.1) is 0 Å². The summed E-state index contributed by atoms with van der Waals surface area (Å²) >= 11 is 5.97. The Labute approximate surface area is 136 Å². The SMILES string of the molecule is CC(=O)N(CCC(=O)NC1CCCCC1)c1cccc(Cl)c1. The molecule has 4 nitrogen and oxygen atoms in total. The molecule has 0 heterocycles. The number of anilines is 1. The highest BCUT2D eigenvalue weighted by atomic mass is 35.5. The number of hydrogen-bond donors (Lipinski definition) is 1. The third-order valence-corrected chi connectivity index (χ3v) is 4.27. The minimum absolute atomic E-state index is 0.0141. The number of nitrogens with zero attached hydrogens (tertiary/aromatic N) is 1. The lowest BCUT2D eigenvalue weighted by atomic mass is 9.95. The Kier molecular flexibility index (Phi) is 6.25. The molecule has 0 atom stereocenters. The summed E-state index contributed by atoms with van der Waals surface area (Å²) in [6, 6.07) is 7.43. The van der Waals surface area contributed by atoms with Crippen LogP contribution in [0.3, 0.4) is 0 Å². The zero-order valence-electron chi connectivity index (χ0n) is 13.0. The molecule has 0 saturated heterocycles. The Morgan fingerprint density at radius 1 is 1.27 bits per heavy atom. The Hall–Kier alpha value is -1.55. The number of carbonyl (C=O) groups excluding carboxylic acids is 2. The average Bonchev–Trinajstić information content (AvgIpc) is 2.48. The zero-order chi connectivity index (χ0) is 15.9. The molecular formula is C17H23ClN2O2. The van der Waals surface area contributed by atoms with Crippen molar-refractivity contribution < 1.29 is 9.59 Å². The molecule has 0 unspecified atom stereocenters. The molecular weight excluding hydrogens is 300 g/mol. The van der Waals surface area contributed by atoms with Crippen LogP contribution >= 0.6 is 11.6 Å². The van der Waals surface area contributed by atoms with E-state index in [-0.39, 0.29) is 11.8 Å². The predicted molar refractivity (Wildman–Crippen MR) is 89.1 cm³/mol. The van der Waals surface area contributed by atoms with Gasteiger partial charge in [0.25, 0.3) is 0 Å². The first-order chi connectivity index (χ1) is 10.6. The lowest BCUT2D eigenvalue weighted by molar-refractivity contribution is -0.121. The normalized spacial score (nSPS) is 15.4. The van der Waals surface area contributed by atoms with Gasteiger partial charge in [-0.25, -0.2) is 0 Å². The summed E-state index contributed by atoms with van der Waals surface area (Å²) in [6.45, 7) is 1.87. The summed E-state index contributed by atoms with van der Waals surface area (Å²) in [5.74, 6) is -0.0760. The van der Waals surface area contributed by atoms with Crippen LogP contribution in [0.2, 0.25) is 5.02 Å². The van der Waals surface area contributed by atoms with Gasteiger partial charge in [0.2, 0.25) is 11.8 Å². The summed E-state index contributed by atoms with van der Waals surface area (Å²) in [4.78, 5) is 25.5. The van der Waals surface area contributed by atoms with E-state index in [0.717, 1.165) is 18.5 Å². The van der Waals surface area contributed by atoms with Crippen LogP contribution in [0.15, 0.2) is 24.3 Å². The maximum atomic E-state index is 12.1. The highest BCUT2D eigenvalue weighted by Gasteiger charge is 2.17. The zero-order valence-corrected chi connectivity index (χ0v) is 13.7. The smallest absolute Gasteiger partial charge is 0.223 e. The maximum Gasteiger partial charge on any atom is 0.223 e. The number of halogens is 1. The average molecular weight is 323 g/mol. The van der Waals surface area contributed by atoms with E-state index in [1.54, 1.807) is 23.1 Å². The minimum Gasteiger partial charge on any atom is -0.353 e. The van der Waals surface area contributed by atoms with Gasteiger partial charge in [-0.05, 0) is 31.0 Å². The molecule has 120 valence electrons. The fraction of sp³-hybridized carbons (Fsp3) is 0.529. The van der Waals surface area contributed by atoms with Crippen LogP contribution in [0, 0.1) is 0 Å². The van der Waals surface area contributed by atoms with Crippen LogP contribution in [0.4, 0.5) is 5.69 Å². The van der Waals surface area contributed by atoms with E-state index in [1.807, 2.05) is 6.07 Å². The second-order valence-corrected chi connectivity index (χ2v) is 6.24. The summed E-state index contributed by atoms with van der Waals surface area (Å²) < 4.78 is 0. The quantitative estimate of drug-likeness (QED) is 0.901. The first-order valence-electron chi connectivity index (χ1n) is 7.89. The Morgan fingerprint density at radius 2 is 2.00 bits per heavy atom. The van der Waals surface area contributed by atoms with E-state index in [2.05, 4.69) is 5.32 Å². The van der Waals surface area contributed by atoms with Crippen molar-refractivity contribution in [2.45, 2.75) is 51.5 Å². The molecule has 5 heteroatoms. The van der Waals surface area contributed by atoms with Crippen LogP contribution in [-0.4, -0.2) is 24.4 Å². The Bertz CT molecular complexity index is 527. The topological polar surface area (TPSA) is 49.4 Å². The van der Waals surface area contributed by atoms with Crippen molar-refractivity contribution in [3.8, 4) is 0 Å². The fourth-order valence-corrected chi connectivity index (χ4v) is 3.06. The van der Waals surface area contributed by atoms with E-state index in [9.17, 15) is 9.59 Å². The molecule has 0 bridgehead atoms. The molecule has 0 aromatic heterocycles. The molecule has 0 aliphatic heterocycles. The van der Waals surface area contributed by atoms with Gasteiger partial charge in [0.15, 0.2) is 0 Å². The van der Waals surface area contributed by atoms with Gasteiger partial charge in [0.1, 0.15) is 0 Å². The minimum atomic E-state index is -0.0901. The first kappa shape index (κ1) is 16.8. The molecule has 1 aliphatic rings. The fourth-order valence-electron chi connectivity index (χ4n) is 2.87. The molecule has 0 spiro atoms. The second-order valence-electron chi connectivity index (χ2n) is 5.80. The van der Waals surface area contributed by atoms with Crippen molar-refractivity contribution in [1.82, 2.24) is 5.32 Å². The predicted octanol–water partition coefficient (Wildman–Crippen LogP) is 3.53. The molecule has 0 radical (unpaired) electrons. The molecule has 1 aliphatic carbocycles. The van der Waals surface area contributed by atoms with Crippen molar-refractivity contribution in [3.63, 3.8) is 0 Å². The molecule has 1 saturated carbocycles. The third kappa shape index (κ3) is 5.02. The number of rotatable bonds is 5. The van der Waals surface area contributed by atoms with E-state index in [0.29, 0.717) is 24.0 Å². The molecule has 1 N–H and O–H groups in total. The number of nitrogens with one attached hydrogen (secondary N) is 1. The molecule has 2 amide bonds. The van der Waals surface area contributed by atoms with Crippen LogP contribution in [-0.2, 0) is 9.59 Å². The van der Waals surface area contributed by atoms with Crippen LogP contribution in [0.1, 0.15) is 45.4 Å². The van der Waals surface area contributed by atoms with Gasteiger partial charge in [0, 0.05) is 36.6 Å². The van der Waals surface area contributed by atoms with Gasteiger partial charge < -0.3 is 10.2 Å². The summed E-state index contributed by atoms with van der Waals surface area (Å²) in [7, 11) is 0. The molecule has 22 heavy (non-hydrogen) atoms. The third-order valence-electron chi connectivity index (χ3n) is 4.03. The van der Waals surface area contributed by atoms with E-state index < -0.39 is 0 Å². The lowest BCUT2D eigenvalue weighted by Gasteiger charge is -2.24. The van der Waals surface area contributed by atoms with Crippen LogP contribution in [0.5, 0.6) is 0 Å². The van der Waals surface area contributed by atoms with Crippen LogP contribution < -0.4 is 10.2 Å². The van der Waals surface area contributed by atoms with Crippen molar-refractivity contribution in [3.05, 3.63) is 29.3 Å². The standard InChI is InChI=1S/C17H23ClN2O2/c1-13(21)20(16-9-5-6-14(18)12-16)11-10-17(22)19-15-7-3-2-4-8-15/h5-6,9,12,15H,2-4,7-8,10-11H2,1H3,(H,19,22). The number of hydrogen-bond acceptors (Lipinski definition) is 2. The second kappa shape index (κ2) is 8.18. The molecule has 2 rings (SSSR count). The molecule has 1 fully saturated rings. The maximum absolute atomic E-state index is 12.1. The molecule has 1 aromatic rings. The van der Waals surface area contributed by atoms with E-state index >= 15 is 0 Å². The van der Waals surface area contributed by atoms with Gasteiger partial charge in [-0.15, -0.1) is 0 Å². The number of benzene rings is 1. The summed E-state index contributed by atoms with van der Waals surface area (Å²) in [6.07, 6.45) is 6.08. The van der Waals surface area contributed by atoms with Gasteiger partial charge >= 0.3 is 0 Å². The highest BCUT2D eigenvalue weighted by Crippen LogP contribution is 2.20.